The van der Waals surface area contributed by atoms with Crippen LogP contribution in [0.25, 0.3) is 0 Å². The molecule has 1 atom stereocenters. The molecule has 0 aliphatic rings. The lowest BCUT2D eigenvalue weighted by molar-refractivity contribution is -0.149. The highest BCUT2D eigenvalue weighted by Crippen LogP contribution is 2.13. The summed E-state index contributed by atoms with van der Waals surface area (Å²) in [5.41, 5.74) is 1.63. The highest BCUT2D eigenvalue weighted by atomic mass is 16.4. The van der Waals surface area contributed by atoms with Crippen LogP contribution in [0.15, 0.2) is 6.20 Å². The molecule has 0 radical (unpaired) electrons. The molecule has 19 heavy (non-hydrogen) atoms. The highest BCUT2D eigenvalue weighted by molar-refractivity contribution is 5.84. The summed E-state index contributed by atoms with van der Waals surface area (Å²) in [6.45, 7) is 5.71. The fraction of sp³-hybridized carbons (Fsp3) is 0.615. The minimum Gasteiger partial charge on any atom is -0.480 e. The monoisotopic (exact) mass is 267 g/mol. The average Bonchev–Trinajstić information content (AvgIpc) is 2.70. The standard InChI is InChI=1S/C13H21N3O3/c1-8(2)5-11(13(18)19)16(4)12(17)6-10-7-14-15-9(10)3/h7-8,11H,5-6H2,1-4H3,(H,14,15)(H,18,19). The van der Waals surface area contributed by atoms with Gasteiger partial charge in [0.2, 0.25) is 5.91 Å². The summed E-state index contributed by atoms with van der Waals surface area (Å²) in [7, 11) is 1.54. The van der Waals surface area contributed by atoms with E-state index in [0.29, 0.717) is 6.42 Å². The Labute approximate surface area is 112 Å². The van der Waals surface area contributed by atoms with Gasteiger partial charge in [-0.3, -0.25) is 9.89 Å². The van der Waals surface area contributed by atoms with Crippen molar-refractivity contribution in [3.8, 4) is 0 Å². The molecule has 0 aromatic carbocycles. The first-order valence-corrected chi connectivity index (χ1v) is 6.30. The molecule has 106 valence electrons. The molecule has 1 rings (SSSR count). The number of hydrogen-bond donors (Lipinski definition) is 2. The van der Waals surface area contributed by atoms with Crippen LogP contribution < -0.4 is 0 Å². The van der Waals surface area contributed by atoms with Crippen LogP contribution in [0, 0.1) is 12.8 Å². The highest BCUT2D eigenvalue weighted by Gasteiger charge is 2.27. The number of aliphatic carboxylic acids is 1. The van der Waals surface area contributed by atoms with Gasteiger partial charge in [-0.15, -0.1) is 0 Å². The van der Waals surface area contributed by atoms with Gasteiger partial charge in [-0.25, -0.2) is 4.79 Å². The second-order valence-corrected chi connectivity index (χ2v) is 5.19. The number of amides is 1. The molecule has 0 saturated heterocycles. The molecular formula is C13H21N3O3. The van der Waals surface area contributed by atoms with E-state index in [-0.39, 0.29) is 18.2 Å². The van der Waals surface area contributed by atoms with Crippen molar-refractivity contribution in [2.45, 2.75) is 39.7 Å². The van der Waals surface area contributed by atoms with Gasteiger partial charge in [0, 0.05) is 18.3 Å². The number of carbonyl (C=O) groups is 2. The molecule has 0 fully saturated rings. The van der Waals surface area contributed by atoms with Gasteiger partial charge in [0.25, 0.3) is 0 Å². The van der Waals surface area contributed by atoms with Crippen LogP contribution in [0.1, 0.15) is 31.5 Å². The molecular weight excluding hydrogens is 246 g/mol. The van der Waals surface area contributed by atoms with Crippen molar-refractivity contribution in [3.63, 3.8) is 0 Å². The number of carboxylic acid groups (broad SMARTS) is 1. The lowest BCUT2D eigenvalue weighted by Gasteiger charge is -2.26. The topological polar surface area (TPSA) is 86.3 Å². The van der Waals surface area contributed by atoms with Gasteiger partial charge in [-0.1, -0.05) is 13.8 Å². The summed E-state index contributed by atoms with van der Waals surface area (Å²) >= 11 is 0. The van der Waals surface area contributed by atoms with E-state index in [9.17, 15) is 14.7 Å². The maximum absolute atomic E-state index is 12.1. The van der Waals surface area contributed by atoms with Crippen molar-refractivity contribution in [2.24, 2.45) is 5.92 Å². The zero-order valence-electron chi connectivity index (χ0n) is 11.8. The largest absolute Gasteiger partial charge is 0.480 e. The van der Waals surface area contributed by atoms with Crippen molar-refractivity contribution in [1.29, 1.82) is 0 Å². The predicted octanol–water partition coefficient (Wildman–Crippen LogP) is 1.22. The van der Waals surface area contributed by atoms with E-state index in [1.54, 1.807) is 13.2 Å². The number of nitrogens with one attached hydrogen (secondary N) is 1. The number of H-pyrrole nitrogens is 1. The van der Waals surface area contributed by atoms with Crippen LogP contribution in [-0.2, 0) is 16.0 Å². The average molecular weight is 267 g/mol. The van der Waals surface area contributed by atoms with E-state index in [1.165, 1.54) is 4.90 Å². The van der Waals surface area contributed by atoms with E-state index in [2.05, 4.69) is 10.2 Å². The van der Waals surface area contributed by atoms with Crippen molar-refractivity contribution in [3.05, 3.63) is 17.5 Å². The smallest absolute Gasteiger partial charge is 0.326 e. The molecule has 1 unspecified atom stereocenters. The summed E-state index contributed by atoms with van der Waals surface area (Å²) in [6, 6.07) is -0.778. The quantitative estimate of drug-likeness (QED) is 0.811. The van der Waals surface area contributed by atoms with Gasteiger partial charge in [0.15, 0.2) is 0 Å². The minimum atomic E-state index is -0.964. The van der Waals surface area contributed by atoms with E-state index >= 15 is 0 Å². The molecule has 0 saturated carbocycles. The zero-order chi connectivity index (χ0) is 14.6. The van der Waals surface area contributed by atoms with Gasteiger partial charge in [-0.2, -0.15) is 5.10 Å². The van der Waals surface area contributed by atoms with Gasteiger partial charge in [0.1, 0.15) is 6.04 Å². The maximum atomic E-state index is 12.1. The lowest BCUT2D eigenvalue weighted by Crippen LogP contribution is -2.43. The van der Waals surface area contributed by atoms with Crippen molar-refractivity contribution >= 4 is 11.9 Å². The van der Waals surface area contributed by atoms with Crippen molar-refractivity contribution < 1.29 is 14.7 Å². The molecule has 1 aromatic rings. The first kappa shape index (κ1) is 15.2. The van der Waals surface area contributed by atoms with Crippen LogP contribution in [-0.4, -0.2) is 45.2 Å². The molecule has 0 spiro atoms. The van der Waals surface area contributed by atoms with Crippen LogP contribution >= 0.6 is 0 Å². The number of carbonyl (C=O) groups excluding carboxylic acids is 1. The molecule has 1 heterocycles. The molecule has 0 bridgehead atoms. The van der Waals surface area contributed by atoms with E-state index < -0.39 is 12.0 Å². The third-order valence-corrected chi connectivity index (χ3v) is 3.12. The predicted molar refractivity (Wildman–Crippen MR) is 70.7 cm³/mol. The number of rotatable bonds is 6. The Morgan fingerprint density at radius 1 is 1.47 bits per heavy atom. The Bertz CT molecular complexity index is 454. The number of aryl methyl sites for hydroxylation is 1. The Morgan fingerprint density at radius 2 is 2.11 bits per heavy atom. The Kier molecular flexibility index (Phi) is 5.09. The number of aromatic amines is 1. The second-order valence-electron chi connectivity index (χ2n) is 5.19. The van der Waals surface area contributed by atoms with Crippen LogP contribution in [0.5, 0.6) is 0 Å². The lowest BCUT2D eigenvalue weighted by atomic mass is 10.0. The number of aromatic nitrogens is 2. The van der Waals surface area contributed by atoms with Gasteiger partial charge in [0.05, 0.1) is 12.6 Å². The minimum absolute atomic E-state index is 0.167. The zero-order valence-corrected chi connectivity index (χ0v) is 11.8. The van der Waals surface area contributed by atoms with Crippen LogP contribution in [0.2, 0.25) is 0 Å². The first-order chi connectivity index (χ1) is 8.82. The molecule has 1 amide bonds. The number of hydrogen-bond acceptors (Lipinski definition) is 3. The fourth-order valence-corrected chi connectivity index (χ4v) is 1.89. The van der Waals surface area contributed by atoms with E-state index in [4.69, 9.17) is 0 Å². The van der Waals surface area contributed by atoms with Gasteiger partial charge < -0.3 is 10.0 Å². The normalized spacial score (nSPS) is 12.5. The van der Waals surface area contributed by atoms with Crippen molar-refractivity contribution in [2.75, 3.05) is 7.05 Å². The summed E-state index contributed by atoms with van der Waals surface area (Å²) in [5, 5.41) is 15.8. The molecule has 1 aromatic heterocycles. The second kappa shape index (κ2) is 6.36. The number of likely N-dealkylation sites (N-methyl/N-ethyl adjacent to an activating group) is 1. The van der Waals surface area contributed by atoms with Gasteiger partial charge in [-0.05, 0) is 19.3 Å². The van der Waals surface area contributed by atoms with E-state index in [1.807, 2.05) is 20.8 Å². The Balaban J connectivity index is 2.74. The number of carboxylic acids is 1. The van der Waals surface area contributed by atoms with Crippen LogP contribution in [0.4, 0.5) is 0 Å². The van der Waals surface area contributed by atoms with Crippen LogP contribution in [0.3, 0.4) is 0 Å². The summed E-state index contributed by atoms with van der Waals surface area (Å²) in [6.07, 6.45) is 2.21. The number of nitrogens with zero attached hydrogens (tertiary/aromatic N) is 2. The Hall–Kier alpha value is -1.85. The Morgan fingerprint density at radius 3 is 2.53 bits per heavy atom. The van der Waals surface area contributed by atoms with Crippen molar-refractivity contribution in [1.82, 2.24) is 15.1 Å². The SMILES string of the molecule is Cc1[nH]ncc1CC(=O)N(C)C(CC(C)C)C(=O)O. The molecule has 0 aliphatic heterocycles. The maximum Gasteiger partial charge on any atom is 0.326 e. The summed E-state index contributed by atoms with van der Waals surface area (Å²) < 4.78 is 0. The molecule has 0 aliphatic carbocycles. The molecule has 6 nitrogen and oxygen atoms in total. The third kappa shape index (κ3) is 4.08. The first-order valence-electron chi connectivity index (χ1n) is 6.30. The van der Waals surface area contributed by atoms with Gasteiger partial charge >= 0.3 is 5.97 Å². The summed E-state index contributed by atoms with van der Waals surface area (Å²) in [5.74, 6) is -0.960. The molecule has 2 N–H and O–H groups in total. The fourth-order valence-electron chi connectivity index (χ4n) is 1.89. The molecule has 6 heteroatoms. The third-order valence-electron chi connectivity index (χ3n) is 3.12. The van der Waals surface area contributed by atoms with E-state index in [0.717, 1.165) is 11.3 Å². The summed E-state index contributed by atoms with van der Waals surface area (Å²) in [4.78, 5) is 24.7.